The number of benzene rings is 1. The van der Waals surface area contributed by atoms with Crippen LogP contribution in [0.4, 0.5) is 0 Å². The maximum Gasteiger partial charge on any atom is 0.241 e. The van der Waals surface area contributed by atoms with Crippen molar-refractivity contribution in [3.05, 3.63) is 18.2 Å². The van der Waals surface area contributed by atoms with E-state index in [4.69, 9.17) is 15.2 Å². The van der Waals surface area contributed by atoms with Crippen molar-refractivity contribution < 1.29 is 17.9 Å². The van der Waals surface area contributed by atoms with Crippen molar-refractivity contribution in [2.24, 2.45) is 5.73 Å². The molecule has 6 nitrogen and oxygen atoms in total. The number of nitrogens with one attached hydrogen (secondary N) is 1. The highest BCUT2D eigenvalue weighted by molar-refractivity contribution is 7.89. The Morgan fingerprint density at radius 2 is 1.90 bits per heavy atom. The van der Waals surface area contributed by atoms with E-state index in [9.17, 15) is 8.42 Å². The third kappa shape index (κ3) is 4.87. The average Bonchev–Trinajstić information content (AvgIpc) is 2.50. The van der Waals surface area contributed by atoms with Crippen LogP contribution in [0.3, 0.4) is 0 Å². The number of sulfonamides is 1. The second-order valence-corrected chi connectivity index (χ2v) is 6.43. The molecule has 1 aromatic carbocycles. The minimum atomic E-state index is -3.63. The van der Waals surface area contributed by atoms with Crippen LogP contribution in [-0.2, 0) is 10.0 Å². The SMILES string of the molecule is CCCCC(CN)NS(=O)(=O)c1ccc(OC)c(OC)c1. The number of rotatable bonds is 9. The summed E-state index contributed by atoms with van der Waals surface area (Å²) < 4.78 is 37.6. The molecule has 0 aromatic heterocycles. The first kappa shape index (κ1) is 17.7. The molecule has 1 unspecified atom stereocenters. The molecule has 0 radical (unpaired) electrons. The van der Waals surface area contributed by atoms with E-state index in [0.29, 0.717) is 11.5 Å². The quantitative estimate of drug-likeness (QED) is 0.720. The zero-order valence-electron chi connectivity index (χ0n) is 12.8. The largest absolute Gasteiger partial charge is 0.493 e. The van der Waals surface area contributed by atoms with Gasteiger partial charge >= 0.3 is 0 Å². The molecule has 120 valence electrons. The third-order valence-corrected chi connectivity index (χ3v) is 4.70. The van der Waals surface area contributed by atoms with Crippen molar-refractivity contribution in [2.75, 3.05) is 20.8 Å². The van der Waals surface area contributed by atoms with Crippen LogP contribution in [0.5, 0.6) is 11.5 Å². The number of hydrogen-bond donors (Lipinski definition) is 2. The Hall–Kier alpha value is -1.31. The lowest BCUT2D eigenvalue weighted by Crippen LogP contribution is -2.40. The normalized spacial score (nSPS) is 13.0. The summed E-state index contributed by atoms with van der Waals surface area (Å²) in [6, 6.07) is 4.23. The molecular weight excluding hydrogens is 292 g/mol. The molecule has 0 bridgehead atoms. The number of hydrogen-bond acceptors (Lipinski definition) is 5. The molecule has 0 amide bonds. The van der Waals surface area contributed by atoms with E-state index in [2.05, 4.69) is 11.6 Å². The van der Waals surface area contributed by atoms with E-state index in [-0.39, 0.29) is 17.5 Å². The Morgan fingerprint density at radius 3 is 2.43 bits per heavy atom. The standard InChI is InChI=1S/C14H24N2O4S/c1-4-5-6-11(10-15)16-21(17,18)12-7-8-13(19-2)14(9-12)20-3/h7-9,11,16H,4-6,10,15H2,1-3H3. The number of ether oxygens (including phenoxy) is 2. The highest BCUT2D eigenvalue weighted by Crippen LogP contribution is 2.29. The second kappa shape index (κ2) is 8.21. The van der Waals surface area contributed by atoms with Crippen LogP contribution in [0.2, 0.25) is 0 Å². The van der Waals surface area contributed by atoms with Crippen LogP contribution in [0.25, 0.3) is 0 Å². The number of methoxy groups -OCH3 is 2. The first-order chi connectivity index (χ1) is 9.98. The maximum absolute atomic E-state index is 12.4. The Kier molecular flexibility index (Phi) is 6.94. The summed E-state index contributed by atoms with van der Waals surface area (Å²) >= 11 is 0. The van der Waals surface area contributed by atoms with Crippen LogP contribution >= 0.6 is 0 Å². The van der Waals surface area contributed by atoms with Gasteiger partial charge in [0, 0.05) is 18.7 Å². The Bertz CT molecular complexity index is 546. The molecule has 3 N–H and O–H groups in total. The van der Waals surface area contributed by atoms with Crippen molar-refractivity contribution in [2.45, 2.75) is 37.1 Å². The zero-order chi connectivity index (χ0) is 15.9. The molecular formula is C14H24N2O4S. The van der Waals surface area contributed by atoms with Crippen molar-refractivity contribution >= 4 is 10.0 Å². The van der Waals surface area contributed by atoms with Gasteiger partial charge in [0.15, 0.2) is 11.5 Å². The van der Waals surface area contributed by atoms with Gasteiger partial charge in [-0.3, -0.25) is 0 Å². The summed E-state index contributed by atoms with van der Waals surface area (Å²) in [6.07, 6.45) is 2.64. The molecule has 0 aliphatic heterocycles. The van der Waals surface area contributed by atoms with Gasteiger partial charge in [-0.25, -0.2) is 13.1 Å². The van der Waals surface area contributed by atoms with Crippen molar-refractivity contribution in [1.82, 2.24) is 4.72 Å². The van der Waals surface area contributed by atoms with E-state index < -0.39 is 10.0 Å². The minimum Gasteiger partial charge on any atom is -0.493 e. The van der Waals surface area contributed by atoms with Crippen molar-refractivity contribution in [3.63, 3.8) is 0 Å². The van der Waals surface area contributed by atoms with E-state index >= 15 is 0 Å². The van der Waals surface area contributed by atoms with E-state index in [0.717, 1.165) is 19.3 Å². The van der Waals surface area contributed by atoms with Gasteiger partial charge in [-0.05, 0) is 18.6 Å². The van der Waals surface area contributed by atoms with Crippen molar-refractivity contribution in [3.8, 4) is 11.5 Å². The number of unbranched alkanes of at least 4 members (excludes halogenated alkanes) is 1. The molecule has 0 aliphatic carbocycles. The lowest BCUT2D eigenvalue weighted by Gasteiger charge is -2.17. The fourth-order valence-corrected chi connectivity index (χ4v) is 3.24. The first-order valence-electron chi connectivity index (χ1n) is 6.92. The molecule has 0 aliphatic rings. The molecule has 0 saturated carbocycles. The predicted octanol–water partition coefficient (Wildman–Crippen LogP) is 1.50. The summed E-state index contributed by atoms with van der Waals surface area (Å²) in [5.41, 5.74) is 5.63. The topological polar surface area (TPSA) is 90.7 Å². The summed E-state index contributed by atoms with van der Waals surface area (Å²) in [6.45, 7) is 2.32. The molecule has 1 atom stereocenters. The summed E-state index contributed by atoms with van der Waals surface area (Å²) in [4.78, 5) is 0.134. The highest BCUT2D eigenvalue weighted by Gasteiger charge is 2.20. The fourth-order valence-electron chi connectivity index (χ4n) is 1.95. The third-order valence-electron chi connectivity index (χ3n) is 3.18. The zero-order valence-corrected chi connectivity index (χ0v) is 13.6. The average molecular weight is 316 g/mol. The summed E-state index contributed by atoms with van der Waals surface area (Å²) in [5, 5.41) is 0. The van der Waals surface area contributed by atoms with E-state index in [1.807, 2.05) is 0 Å². The fraction of sp³-hybridized carbons (Fsp3) is 0.571. The number of nitrogens with two attached hydrogens (primary N) is 1. The lowest BCUT2D eigenvalue weighted by molar-refractivity contribution is 0.354. The summed E-state index contributed by atoms with van der Waals surface area (Å²) in [5.74, 6) is 0.857. The van der Waals surface area contributed by atoms with Gasteiger partial charge in [-0.1, -0.05) is 19.8 Å². The minimum absolute atomic E-state index is 0.134. The predicted molar refractivity (Wildman–Crippen MR) is 82.2 cm³/mol. The molecule has 7 heteroatoms. The Balaban J connectivity index is 2.96. The van der Waals surface area contributed by atoms with Crippen LogP contribution in [0, 0.1) is 0 Å². The molecule has 1 rings (SSSR count). The second-order valence-electron chi connectivity index (χ2n) is 4.71. The molecule has 0 fully saturated rings. The van der Waals surface area contributed by atoms with Gasteiger partial charge in [0.05, 0.1) is 19.1 Å². The van der Waals surface area contributed by atoms with E-state index in [1.54, 1.807) is 6.07 Å². The van der Waals surface area contributed by atoms with Gasteiger partial charge in [0.1, 0.15) is 0 Å². The van der Waals surface area contributed by atoms with E-state index in [1.165, 1.54) is 26.4 Å². The van der Waals surface area contributed by atoms with Crippen molar-refractivity contribution in [1.29, 1.82) is 0 Å². The van der Waals surface area contributed by atoms with Gasteiger partial charge in [-0.2, -0.15) is 0 Å². The molecule has 0 heterocycles. The highest BCUT2D eigenvalue weighted by atomic mass is 32.2. The van der Waals surface area contributed by atoms with Crippen LogP contribution in [0.1, 0.15) is 26.2 Å². The molecule has 1 aromatic rings. The Morgan fingerprint density at radius 1 is 1.24 bits per heavy atom. The monoisotopic (exact) mass is 316 g/mol. The first-order valence-corrected chi connectivity index (χ1v) is 8.41. The molecule has 21 heavy (non-hydrogen) atoms. The van der Waals surface area contributed by atoms with Gasteiger partial charge in [0.2, 0.25) is 10.0 Å². The van der Waals surface area contributed by atoms with Gasteiger partial charge in [0.25, 0.3) is 0 Å². The molecule has 0 saturated heterocycles. The van der Waals surface area contributed by atoms with Gasteiger partial charge in [-0.15, -0.1) is 0 Å². The Labute approximate surface area is 126 Å². The molecule has 0 spiro atoms. The smallest absolute Gasteiger partial charge is 0.241 e. The maximum atomic E-state index is 12.4. The summed E-state index contributed by atoms with van der Waals surface area (Å²) in [7, 11) is -0.662. The van der Waals surface area contributed by atoms with Crippen LogP contribution in [-0.4, -0.2) is 35.2 Å². The van der Waals surface area contributed by atoms with Gasteiger partial charge < -0.3 is 15.2 Å². The van der Waals surface area contributed by atoms with Crippen LogP contribution < -0.4 is 19.9 Å². The lowest BCUT2D eigenvalue weighted by atomic mass is 10.1. The van der Waals surface area contributed by atoms with Crippen LogP contribution in [0.15, 0.2) is 23.1 Å².